The lowest BCUT2D eigenvalue weighted by Gasteiger charge is -2.10. The minimum absolute atomic E-state index is 0.222. The number of ether oxygens (including phenoxy) is 7. The van der Waals surface area contributed by atoms with E-state index in [0.717, 1.165) is 19.6 Å². The molecule has 0 rings (SSSR count). The summed E-state index contributed by atoms with van der Waals surface area (Å²) in [4.78, 5) is 0. The van der Waals surface area contributed by atoms with E-state index in [1.165, 1.54) is 0 Å². The molecular weight excluding hydrogens is 316 g/mol. The molecule has 0 bridgehead atoms. The Kier molecular flexibility index (Phi) is 29.7. The molecule has 0 radical (unpaired) electrons. The van der Waals surface area contributed by atoms with Crippen molar-refractivity contribution in [2.75, 3.05) is 76.2 Å². The summed E-state index contributed by atoms with van der Waals surface area (Å²) in [6, 6.07) is 0. The number of rotatable bonds is 12. The van der Waals surface area contributed by atoms with Gasteiger partial charge in [0.2, 0.25) is 0 Å². The Morgan fingerprint density at radius 3 is 1.17 bits per heavy atom. The Balaban J connectivity index is -0.000000276. The van der Waals surface area contributed by atoms with Crippen molar-refractivity contribution in [3.8, 4) is 0 Å². The first-order valence-electron chi connectivity index (χ1n) is 8.05. The average Bonchev–Trinajstić information content (AvgIpc) is 2.59. The van der Waals surface area contributed by atoms with Crippen LogP contribution in [-0.2, 0) is 33.2 Å². The van der Waals surface area contributed by atoms with E-state index < -0.39 is 0 Å². The monoisotopic (exact) mass is 356 g/mol. The fourth-order valence-corrected chi connectivity index (χ4v) is 1.52. The molecule has 7 heteroatoms. The summed E-state index contributed by atoms with van der Waals surface area (Å²) in [6.07, 6.45) is 1.07. The van der Waals surface area contributed by atoms with Crippen molar-refractivity contribution < 1.29 is 33.2 Å². The smallest absolute Gasteiger partial charge is 0.180 e. The zero-order chi connectivity index (χ0) is 19.2. The molecule has 7 nitrogen and oxygen atoms in total. The molecule has 1 unspecified atom stereocenters. The second-order valence-electron chi connectivity index (χ2n) is 5.09. The van der Waals surface area contributed by atoms with E-state index in [4.69, 9.17) is 33.2 Å². The maximum absolute atomic E-state index is 5.01. The Hall–Kier alpha value is -0.280. The number of hydrogen-bond donors (Lipinski definition) is 0. The quantitative estimate of drug-likeness (QED) is 0.497. The second kappa shape index (κ2) is 25.0. The summed E-state index contributed by atoms with van der Waals surface area (Å²) in [6.45, 7) is 6.92. The summed E-state index contributed by atoms with van der Waals surface area (Å²) in [5.41, 5.74) is 0. The van der Waals surface area contributed by atoms with Gasteiger partial charge in [0.25, 0.3) is 0 Å². The Morgan fingerprint density at radius 2 is 1.00 bits per heavy atom. The van der Waals surface area contributed by atoms with Crippen LogP contribution in [0.1, 0.15) is 20.3 Å². The van der Waals surface area contributed by atoms with Gasteiger partial charge in [0.05, 0.1) is 32.5 Å². The molecule has 0 amide bonds. The highest BCUT2D eigenvalue weighted by Gasteiger charge is 2.01. The molecule has 0 heterocycles. The summed E-state index contributed by atoms with van der Waals surface area (Å²) >= 11 is 0. The third kappa shape index (κ3) is 24.0. The van der Waals surface area contributed by atoms with Crippen LogP contribution in [0.15, 0.2) is 0 Å². The Bertz CT molecular complexity index is 177. The van der Waals surface area contributed by atoms with Crippen LogP contribution in [0.3, 0.4) is 0 Å². The molecule has 24 heavy (non-hydrogen) atoms. The van der Waals surface area contributed by atoms with Gasteiger partial charge in [-0.15, -0.1) is 0 Å². The molecule has 0 saturated carbocycles. The minimum atomic E-state index is -0.222. The molecule has 0 aliphatic rings. The van der Waals surface area contributed by atoms with E-state index in [9.17, 15) is 0 Å². The Labute approximate surface area is 148 Å². The van der Waals surface area contributed by atoms with Gasteiger partial charge in [-0.3, -0.25) is 0 Å². The van der Waals surface area contributed by atoms with Crippen LogP contribution in [0.5, 0.6) is 0 Å². The molecule has 1 atom stereocenters. The van der Waals surface area contributed by atoms with Gasteiger partial charge in [-0.1, -0.05) is 13.8 Å². The van der Waals surface area contributed by atoms with Crippen molar-refractivity contribution in [1.82, 2.24) is 0 Å². The van der Waals surface area contributed by atoms with Crippen LogP contribution in [0.2, 0.25) is 0 Å². The molecule has 150 valence electrons. The highest BCUT2D eigenvalue weighted by molar-refractivity contribution is 4.49. The number of hydrogen-bond acceptors (Lipinski definition) is 7. The van der Waals surface area contributed by atoms with Crippen molar-refractivity contribution in [2.45, 2.75) is 32.7 Å². The summed E-state index contributed by atoms with van der Waals surface area (Å²) in [7, 11) is 11.5. The lowest BCUT2D eigenvalue weighted by Crippen LogP contribution is -2.18. The van der Waals surface area contributed by atoms with Gasteiger partial charge in [-0.25, -0.2) is 0 Å². The van der Waals surface area contributed by atoms with E-state index in [0.29, 0.717) is 19.1 Å². The number of methoxy groups -OCH3 is 7. The molecule has 0 aliphatic heterocycles. The van der Waals surface area contributed by atoms with Gasteiger partial charge >= 0.3 is 0 Å². The van der Waals surface area contributed by atoms with E-state index in [1.807, 2.05) is 0 Å². The average molecular weight is 357 g/mol. The highest BCUT2D eigenvalue weighted by Crippen LogP contribution is 1.94. The zero-order valence-electron chi connectivity index (χ0n) is 17.1. The predicted octanol–water partition coefficient (Wildman–Crippen LogP) is 2.22. The van der Waals surface area contributed by atoms with Gasteiger partial charge in [-0.2, -0.15) is 0 Å². The van der Waals surface area contributed by atoms with Crippen molar-refractivity contribution in [3.05, 3.63) is 0 Å². The van der Waals surface area contributed by atoms with Gasteiger partial charge in [0.15, 0.2) is 6.29 Å². The lowest BCUT2D eigenvalue weighted by molar-refractivity contribution is -0.133. The van der Waals surface area contributed by atoms with Gasteiger partial charge in [0.1, 0.15) is 0 Å². The molecule has 0 aromatic rings. The van der Waals surface area contributed by atoms with Gasteiger partial charge in [0, 0.05) is 55.7 Å². The van der Waals surface area contributed by atoms with Crippen molar-refractivity contribution in [3.63, 3.8) is 0 Å². The van der Waals surface area contributed by atoms with Crippen LogP contribution in [0, 0.1) is 5.92 Å². The van der Waals surface area contributed by atoms with Crippen LogP contribution in [0.4, 0.5) is 0 Å². The van der Waals surface area contributed by atoms with Gasteiger partial charge < -0.3 is 33.2 Å². The maximum Gasteiger partial charge on any atom is 0.180 e. The van der Waals surface area contributed by atoms with Crippen molar-refractivity contribution in [1.29, 1.82) is 0 Å². The zero-order valence-corrected chi connectivity index (χ0v) is 17.1. The fraction of sp³-hybridized carbons (Fsp3) is 1.00. The summed E-state index contributed by atoms with van der Waals surface area (Å²) in [5, 5.41) is 0. The van der Waals surface area contributed by atoms with E-state index in [2.05, 4.69) is 13.8 Å². The first-order chi connectivity index (χ1) is 11.5. The molecule has 0 spiro atoms. The van der Waals surface area contributed by atoms with Crippen LogP contribution < -0.4 is 0 Å². The van der Waals surface area contributed by atoms with Crippen LogP contribution in [-0.4, -0.2) is 88.6 Å². The molecule has 0 fully saturated rings. The summed E-state index contributed by atoms with van der Waals surface area (Å²) < 4.78 is 33.9. The third-order valence-corrected chi connectivity index (χ3v) is 2.87. The molecular formula is C17H40O7. The largest absolute Gasteiger partial charge is 0.384 e. The van der Waals surface area contributed by atoms with Crippen molar-refractivity contribution in [2.24, 2.45) is 5.92 Å². The normalized spacial score (nSPS) is 11.6. The maximum atomic E-state index is 5.01. The minimum Gasteiger partial charge on any atom is -0.384 e. The van der Waals surface area contributed by atoms with E-state index in [-0.39, 0.29) is 12.4 Å². The predicted molar refractivity (Wildman–Crippen MR) is 95.6 cm³/mol. The third-order valence-electron chi connectivity index (χ3n) is 2.87. The first kappa shape index (κ1) is 28.5. The molecule has 0 saturated heterocycles. The molecule has 0 N–H and O–H groups in total. The SMILES string of the molecule is CCC(COC)OC.COCC(C)COC.COCC(OC)OC. The first-order valence-corrected chi connectivity index (χ1v) is 8.05. The topological polar surface area (TPSA) is 64.6 Å². The van der Waals surface area contributed by atoms with Crippen molar-refractivity contribution >= 4 is 0 Å². The van der Waals surface area contributed by atoms with Gasteiger partial charge in [-0.05, 0) is 6.42 Å². The van der Waals surface area contributed by atoms with E-state index in [1.54, 1.807) is 49.8 Å². The standard InChI is InChI=1S/2C6H14O2.C5H12O3/c1-6(4-7-2)5-8-3;1-4-6(8-3)5-7-2;1-6-4-5(7-2)8-3/h2*6H,4-5H2,1-3H3;5H,4H2,1-3H3. The van der Waals surface area contributed by atoms with Crippen LogP contribution in [0.25, 0.3) is 0 Å². The summed E-state index contributed by atoms with van der Waals surface area (Å²) in [5.74, 6) is 0.519. The molecule has 0 aliphatic carbocycles. The van der Waals surface area contributed by atoms with E-state index >= 15 is 0 Å². The second-order valence-corrected chi connectivity index (χ2v) is 5.09. The van der Waals surface area contributed by atoms with Crippen LogP contribution >= 0.6 is 0 Å². The molecule has 0 aromatic carbocycles. The highest BCUT2D eigenvalue weighted by atomic mass is 16.7. The fourth-order valence-electron chi connectivity index (χ4n) is 1.52. The Morgan fingerprint density at radius 1 is 0.583 bits per heavy atom. The lowest BCUT2D eigenvalue weighted by atomic mass is 10.2. The molecule has 0 aromatic heterocycles.